The molecule has 0 aliphatic heterocycles. The number of hydrogen-bond acceptors (Lipinski definition) is 3. The average molecular weight is 168 g/mol. The Labute approximate surface area is 72.5 Å². The zero-order chi connectivity index (χ0) is 8.81. The van der Waals surface area contributed by atoms with E-state index in [4.69, 9.17) is 5.73 Å². The Morgan fingerprint density at radius 3 is 3.17 bits per heavy atom. The Hall–Kier alpha value is -0.870. The molecule has 0 bridgehead atoms. The molecule has 0 spiro atoms. The highest BCUT2D eigenvalue weighted by Gasteiger charge is 2.03. The van der Waals surface area contributed by atoms with Crippen molar-refractivity contribution >= 4 is 0 Å². The predicted molar refractivity (Wildman–Crippen MR) is 48.7 cm³/mol. The number of nitrogens with one attached hydrogen (secondary N) is 2. The monoisotopic (exact) mass is 168 g/mol. The summed E-state index contributed by atoms with van der Waals surface area (Å²) in [5, 5.41) is 10.0. The number of H-pyrrole nitrogens is 1. The Bertz CT molecular complexity index is 195. The number of nitrogens with two attached hydrogens (primary N) is 1. The second-order valence-electron chi connectivity index (χ2n) is 2.85. The molecule has 0 amide bonds. The van der Waals surface area contributed by atoms with E-state index in [0.29, 0.717) is 6.04 Å². The first kappa shape index (κ1) is 9.22. The summed E-state index contributed by atoms with van der Waals surface area (Å²) in [6.07, 6.45) is 4.75. The Kier molecular flexibility index (Phi) is 3.76. The second-order valence-corrected chi connectivity index (χ2v) is 2.85. The minimum Gasteiger partial charge on any atom is -0.330 e. The minimum absolute atomic E-state index is 0.357. The van der Waals surface area contributed by atoms with Crippen LogP contribution in [-0.2, 0) is 0 Å². The van der Waals surface area contributed by atoms with Gasteiger partial charge in [0.25, 0.3) is 0 Å². The van der Waals surface area contributed by atoms with Crippen molar-refractivity contribution in [3.05, 3.63) is 18.0 Å². The molecule has 4 nitrogen and oxygen atoms in total. The van der Waals surface area contributed by atoms with E-state index < -0.39 is 0 Å². The van der Waals surface area contributed by atoms with Gasteiger partial charge in [-0.1, -0.05) is 0 Å². The van der Waals surface area contributed by atoms with Crippen molar-refractivity contribution in [1.29, 1.82) is 0 Å². The molecule has 0 fully saturated rings. The molecule has 1 heterocycles. The van der Waals surface area contributed by atoms with Crippen LogP contribution in [0.5, 0.6) is 0 Å². The lowest BCUT2D eigenvalue weighted by molar-refractivity contribution is 0.562. The van der Waals surface area contributed by atoms with Crippen molar-refractivity contribution in [2.75, 3.05) is 13.1 Å². The fourth-order valence-corrected chi connectivity index (χ4v) is 1.04. The highest BCUT2D eigenvalue weighted by Crippen LogP contribution is 2.07. The van der Waals surface area contributed by atoms with Crippen LogP contribution in [0.4, 0.5) is 0 Å². The summed E-state index contributed by atoms with van der Waals surface area (Å²) in [7, 11) is 0. The molecule has 0 aliphatic carbocycles. The van der Waals surface area contributed by atoms with Crippen LogP contribution in [0.25, 0.3) is 0 Å². The van der Waals surface area contributed by atoms with Crippen LogP contribution in [0, 0.1) is 0 Å². The quantitative estimate of drug-likeness (QED) is 0.558. The molecule has 12 heavy (non-hydrogen) atoms. The van der Waals surface area contributed by atoms with E-state index >= 15 is 0 Å². The van der Waals surface area contributed by atoms with Gasteiger partial charge in [-0.2, -0.15) is 5.10 Å². The number of hydrogen-bond donors (Lipinski definition) is 3. The topological polar surface area (TPSA) is 66.7 Å². The highest BCUT2D eigenvalue weighted by molar-refractivity contribution is 5.07. The van der Waals surface area contributed by atoms with Gasteiger partial charge in [-0.05, 0) is 26.4 Å². The molecular weight excluding hydrogens is 152 g/mol. The van der Waals surface area contributed by atoms with E-state index in [-0.39, 0.29) is 0 Å². The van der Waals surface area contributed by atoms with Crippen LogP contribution in [0.2, 0.25) is 0 Å². The van der Waals surface area contributed by atoms with Gasteiger partial charge in [-0.15, -0.1) is 0 Å². The van der Waals surface area contributed by atoms with Crippen LogP contribution >= 0.6 is 0 Å². The van der Waals surface area contributed by atoms with Crippen molar-refractivity contribution in [3.8, 4) is 0 Å². The van der Waals surface area contributed by atoms with Crippen LogP contribution in [-0.4, -0.2) is 23.3 Å². The molecule has 1 unspecified atom stereocenters. The molecule has 4 N–H and O–H groups in total. The van der Waals surface area contributed by atoms with Gasteiger partial charge >= 0.3 is 0 Å². The third-order valence-electron chi connectivity index (χ3n) is 1.85. The first-order valence-corrected chi connectivity index (χ1v) is 4.26. The SMILES string of the molecule is CC(NCCCN)c1cn[nH]c1. The van der Waals surface area contributed by atoms with Gasteiger partial charge < -0.3 is 11.1 Å². The van der Waals surface area contributed by atoms with E-state index in [9.17, 15) is 0 Å². The lowest BCUT2D eigenvalue weighted by atomic mass is 10.2. The summed E-state index contributed by atoms with van der Waals surface area (Å²) in [6, 6.07) is 0.357. The van der Waals surface area contributed by atoms with Gasteiger partial charge in [0, 0.05) is 17.8 Å². The Morgan fingerprint density at radius 2 is 2.58 bits per heavy atom. The van der Waals surface area contributed by atoms with Gasteiger partial charge in [-0.3, -0.25) is 5.10 Å². The fourth-order valence-electron chi connectivity index (χ4n) is 1.04. The summed E-state index contributed by atoms with van der Waals surface area (Å²) < 4.78 is 0. The Balaban J connectivity index is 2.25. The normalized spacial score (nSPS) is 13.2. The van der Waals surface area contributed by atoms with Crippen LogP contribution in [0.15, 0.2) is 12.4 Å². The molecular formula is C8H16N4. The number of nitrogens with zero attached hydrogens (tertiary/aromatic N) is 1. The lowest BCUT2D eigenvalue weighted by Crippen LogP contribution is -2.21. The maximum atomic E-state index is 5.37. The van der Waals surface area contributed by atoms with Crippen LogP contribution in [0.1, 0.15) is 24.9 Å². The molecule has 1 aromatic rings. The van der Waals surface area contributed by atoms with Gasteiger partial charge in [0.1, 0.15) is 0 Å². The second kappa shape index (κ2) is 4.90. The third kappa shape index (κ3) is 2.64. The van der Waals surface area contributed by atoms with Gasteiger partial charge in [0.2, 0.25) is 0 Å². The van der Waals surface area contributed by atoms with E-state index in [1.54, 1.807) is 0 Å². The van der Waals surface area contributed by atoms with E-state index in [2.05, 4.69) is 22.4 Å². The number of rotatable bonds is 5. The fraction of sp³-hybridized carbons (Fsp3) is 0.625. The van der Waals surface area contributed by atoms with E-state index in [1.807, 2.05) is 12.4 Å². The zero-order valence-corrected chi connectivity index (χ0v) is 7.38. The highest BCUT2D eigenvalue weighted by atomic mass is 15.1. The van der Waals surface area contributed by atoms with Gasteiger partial charge in [0.15, 0.2) is 0 Å². The van der Waals surface area contributed by atoms with Crippen molar-refractivity contribution in [1.82, 2.24) is 15.5 Å². The van der Waals surface area contributed by atoms with Gasteiger partial charge in [-0.25, -0.2) is 0 Å². The van der Waals surface area contributed by atoms with E-state index in [0.717, 1.165) is 19.5 Å². The molecule has 0 aromatic carbocycles. The summed E-state index contributed by atoms with van der Waals surface area (Å²) in [5.41, 5.74) is 6.56. The molecule has 0 saturated heterocycles. The molecule has 1 rings (SSSR count). The maximum Gasteiger partial charge on any atom is 0.0534 e. The summed E-state index contributed by atoms with van der Waals surface area (Å²) in [6.45, 7) is 3.81. The smallest absolute Gasteiger partial charge is 0.0534 e. The van der Waals surface area contributed by atoms with Crippen molar-refractivity contribution in [2.24, 2.45) is 5.73 Å². The maximum absolute atomic E-state index is 5.37. The van der Waals surface area contributed by atoms with Crippen molar-refractivity contribution in [2.45, 2.75) is 19.4 Å². The Morgan fingerprint density at radius 1 is 1.75 bits per heavy atom. The molecule has 4 heteroatoms. The van der Waals surface area contributed by atoms with Crippen LogP contribution < -0.4 is 11.1 Å². The number of aromatic nitrogens is 2. The predicted octanol–water partition coefficient (Wildman–Crippen LogP) is 0.409. The van der Waals surface area contributed by atoms with Crippen molar-refractivity contribution in [3.63, 3.8) is 0 Å². The standard InChI is InChI=1S/C8H16N4/c1-7(10-4-2-3-9)8-5-11-12-6-8/h5-7,10H,2-4,9H2,1H3,(H,11,12). The molecule has 0 aliphatic rings. The molecule has 68 valence electrons. The lowest BCUT2D eigenvalue weighted by Gasteiger charge is -2.10. The van der Waals surface area contributed by atoms with Gasteiger partial charge in [0.05, 0.1) is 6.20 Å². The molecule has 0 saturated carbocycles. The molecule has 0 radical (unpaired) electrons. The first-order valence-electron chi connectivity index (χ1n) is 4.26. The third-order valence-corrected chi connectivity index (χ3v) is 1.85. The summed E-state index contributed by atoms with van der Waals surface area (Å²) >= 11 is 0. The summed E-state index contributed by atoms with van der Waals surface area (Å²) in [4.78, 5) is 0. The zero-order valence-electron chi connectivity index (χ0n) is 7.38. The van der Waals surface area contributed by atoms with Crippen molar-refractivity contribution < 1.29 is 0 Å². The minimum atomic E-state index is 0.357. The largest absolute Gasteiger partial charge is 0.330 e. The summed E-state index contributed by atoms with van der Waals surface area (Å²) in [5.74, 6) is 0. The molecule has 1 aromatic heterocycles. The first-order chi connectivity index (χ1) is 5.84. The molecule has 1 atom stereocenters. The van der Waals surface area contributed by atoms with Crippen LogP contribution in [0.3, 0.4) is 0 Å². The average Bonchev–Trinajstić information content (AvgIpc) is 2.56. The number of aromatic amines is 1. The van der Waals surface area contributed by atoms with E-state index in [1.165, 1.54) is 5.56 Å².